The minimum Gasteiger partial charge on any atom is -0.481 e. The largest absolute Gasteiger partial charge is 0.481 e. The Balaban J connectivity index is 3.00. The third-order valence-corrected chi connectivity index (χ3v) is 5.71. The van der Waals surface area contributed by atoms with E-state index in [-0.39, 0.29) is 18.2 Å². The van der Waals surface area contributed by atoms with Gasteiger partial charge in [0.2, 0.25) is 17.7 Å². The van der Waals surface area contributed by atoms with Crippen molar-refractivity contribution in [3.8, 4) is 0 Å². The van der Waals surface area contributed by atoms with Crippen molar-refractivity contribution in [3.63, 3.8) is 0 Å². The Morgan fingerprint density at radius 3 is 2.24 bits per heavy atom. The van der Waals surface area contributed by atoms with Gasteiger partial charge < -0.3 is 35.8 Å². The normalized spacial score (nSPS) is 19.1. The predicted octanol–water partition coefficient (Wildman–Crippen LogP) is -1.00. The highest BCUT2D eigenvalue weighted by molar-refractivity contribution is 5.94. The van der Waals surface area contributed by atoms with Crippen LogP contribution in [0.25, 0.3) is 0 Å². The second kappa shape index (κ2) is 13.9. The number of nitrogens with zero attached hydrogens (tertiary/aromatic N) is 1. The number of ether oxygens (including phenoxy) is 1. The fourth-order valence-electron chi connectivity index (χ4n) is 3.88. The van der Waals surface area contributed by atoms with Crippen molar-refractivity contribution in [2.45, 2.75) is 83.1 Å². The first-order chi connectivity index (χ1) is 15.9. The number of carboxylic acid groups (broad SMARTS) is 1. The number of nitrogens with one attached hydrogen (secondary N) is 3. The monoisotopic (exact) mass is 486 g/mol. The first-order valence-corrected chi connectivity index (χ1v) is 11.5. The number of likely N-dealkylation sites (tertiary alicyclic amines) is 1. The van der Waals surface area contributed by atoms with Crippen molar-refractivity contribution in [2.75, 3.05) is 20.7 Å². The Labute approximate surface area is 199 Å². The van der Waals surface area contributed by atoms with E-state index in [1.54, 1.807) is 7.05 Å². The number of aliphatic carboxylic acids is 1. The molecule has 0 saturated carbocycles. The summed E-state index contributed by atoms with van der Waals surface area (Å²) in [5, 5.41) is 26.7. The predicted molar refractivity (Wildman–Crippen MR) is 121 cm³/mol. The lowest BCUT2D eigenvalue weighted by Crippen LogP contribution is -2.58. The minimum absolute atomic E-state index is 0.208. The molecule has 12 heteroatoms. The summed E-state index contributed by atoms with van der Waals surface area (Å²) in [7, 11) is 2.78. The second-order valence-electron chi connectivity index (χ2n) is 8.90. The van der Waals surface area contributed by atoms with E-state index in [1.807, 2.05) is 13.8 Å². The molecule has 5 N–H and O–H groups in total. The summed E-state index contributed by atoms with van der Waals surface area (Å²) in [6.45, 7) is 5.66. The van der Waals surface area contributed by atoms with E-state index < -0.39 is 60.4 Å². The first-order valence-electron chi connectivity index (χ1n) is 11.5. The number of methoxy groups -OCH3 is 1. The Morgan fingerprint density at radius 2 is 1.74 bits per heavy atom. The molecule has 12 nitrogen and oxygen atoms in total. The van der Waals surface area contributed by atoms with Gasteiger partial charge >= 0.3 is 11.9 Å². The highest BCUT2D eigenvalue weighted by Crippen LogP contribution is 2.21. The molecular formula is C22H38N4O8. The van der Waals surface area contributed by atoms with Gasteiger partial charge in [-0.05, 0) is 45.6 Å². The number of aliphatic hydroxyl groups excluding tert-OH is 1. The molecule has 34 heavy (non-hydrogen) atoms. The van der Waals surface area contributed by atoms with E-state index >= 15 is 0 Å². The number of likely N-dealkylation sites (N-methyl/N-ethyl adjacent to an activating group) is 1. The minimum atomic E-state index is -1.39. The van der Waals surface area contributed by atoms with Crippen LogP contribution < -0.4 is 16.0 Å². The topological polar surface area (TPSA) is 174 Å². The van der Waals surface area contributed by atoms with Gasteiger partial charge in [-0.1, -0.05) is 13.8 Å². The maximum Gasteiger partial charge on any atom is 0.331 e. The number of esters is 1. The molecule has 5 unspecified atom stereocenters. The molecule has 0 radical (unpaired) electrons. The number of rotatable bonds is 13. The molecule has 194 valence electrons. The van der Waals surface area contributed by atoms with Gasteiger partial charge in [0, 0.05) is 13.0 Å². The molecule has 0 bridgehead atoms. The van der Waals surface area contributed by atoms with E-state index in [1.165, 1.54) is 11.8 Å². The van der Waals surface area contributed by atoms with Crippen LogP contribution in [0.2, 0.25) is 0 Å². The van der Waals surface area contributed by atoms with Gasteiger partial charge in [0.25, 0.3) is 0 Å². The molecule has 0 aromatic rings. The van der Waals surface area contributed by atoms with Gasteiger partial charge in [-0.15, -0.1) is 0 Å². The molecule has 0 spiro atoms. The van der Waals surface area contributed by atoms with Crippen molar-refractivity contribution in [2.24, 2.45) is 5.92 Å². The van der Waals surface area contributed by atoms with Gasteiger partial charge in [-0.2, -0.15) is 0 Å². The van der Waals surface area contributed by atoms with Gasteiger partial charge in [0.15, 0.2) is 6.04 Å². The fourth-order valence-corrected chi connectivity index (χ4v) is 3.88. The number of carbonyl (C=O) groups excluding carboxylic acids is 4. The molecule has 0 aliphatic carbocycles. The SMILES string of the molecule is CNC(CC(C)C)C(=O)N1CCCC1C(=O)NC(CCC(=O)O)C(=O)NC(C(=O)OC)C(C)O. The summed E-state index contributed by atoms with van der Waals surface area (Å²) in [4.78, 5) is 63.3. The van der Waals surface area contributed by atoms with Crippen LogP contribution in [0.3, 0.4) is 0 Å². The number of hydrogen-bond donors (Lipinski definition) is 5. The molecule has 1 heterocycles. The summed E-state index contributed by atoms with van der Waals surface area (Å²) in [6.07, 6.45) is -0.331. The van der Waals surface area contributed by atoms with Crippen LogP contribution in [-0.4, -0.2) is 95.7 Å². The van der Waals surface area contributed by atoms with Gasteiger partial charge in [-0.25, -0.2) is 4.79 Å². The lowest BCUT2D eigenvalue weighted by molar-refractivity contribution is -0.149. The zero-order valence-corrected chi connectivity index (χ0v) is 20.5. The summed E-state index contributed by atoms with van der Waals surface area (Å²) < 4.78 is 4.57. The zero-order chi connectivity index (χ0) is 26.0. The van der Waals surface area contributed by atoms with Gasteiger partial charge in [-0.3, -0.25) is 19.2 Å². The van der Waals surface area contributed by atoms with E-state index in [4.69, 9.17) is 5.11 Å². The van der Waals surface area contributed by atoms with Crippen LogP contribution in [0, 0.1) is 5.92 Å². The standard InChI is InChI=1S/C22H38N4O8/c1-12(2)11-15(23-4)21(32)26-10-6-7-16(26)20(31)24-14(8-9-17(28)29)19(30)25-18(13(3)27)22(33)34-5/h12-16,18,23,27H,6-11H2,1-5H3,(H,24,31)(H,25,30)(H,28,29). The second-order valence-corrected chi connectivity index (χ2v) is 8.90. The molecular weight excluding hydrogens is 448 g/mol. The molecule has 1 saturated heterocycles. The third kappa shape index (κ3) is 8.56. The summed E-state index contributed by atoms with van der Waals surface area (Å²) in [6, 6.07) is -3.93. The van der Waals surface area contributed by atoms with E-state index in [0.29, 0.717) is 25.8 Å². The van der Waals surface area contributed by atoms with E-state index in [0.717, 1.165) is 7.11 Å². The Bertz CT molecular complexity index is 742. The van der Waals surface area contributed by atoms with Crippen LogP contribution >= 0.6 is 0 Å². The lowest BCUT2D eigenvalue weighted by Gasteiger charge is -2.30. The van der Waals surface area contributed by atoms with E-state index in [9.17, 15) is 29.1 Å². The lowest BCUT2D eigenvalue weighted by atomic mass is 10.0. The molecule has 1 fully saturated rings. The quantitative estimate of drug-likeness (QED) is 0.205. The Kier molecular flexibility index (Phi) is 11.9. The molecule has 3 amide bonds. The summed E-state index contributed by atoms with van der Waals surface area (Å²) >= 11 is 0. The van der Waals surface area contributed by atoms with Gasteiger partial charge in [0.1, 0.15) is 12.1 Å². The number of carboxylic acids is 1. The van der Waals surface area contributed by atoms with Crippen LogP contribution in [0.4, 0.5) is 0 Å². The molecule has 5 atom stereocenters. The van der Waals surface area contributed by atoms with Crippen LogP contribution in [-0.2, 0) is 28.7 Å². The third-order valence-electron chi connectivity index (χ3n) is 5.71. The first kappa shape index (κ1) is 29.3. The number of amides is 3. The smallest absolute Gasteiger partial charge is 0.331 e. The van der Waals surface area contributed by atoms with Crippen molar-refractivity contribution < 1.29 is 38.9 Å². The van der Waals surface area contributed by atoms with Crippen LogP contribution in [0.5, 0.6) is 0 Å². The highest BCUT2D eigenvalue weighted by atomic mass is 16.5. The molecule has 1 aliphatic heterocycles. The average Bonchev–Trinajstić information content (AvgIpc) is 3.26. The highest BCUT2D eigenvalue weighted by Gasteiger charge is 2.39. The molecule has 0 aromatic heterocycles. The van der Waals surface area contributed by atoms with Gasteiger partial charge in [0.05, 0.1) is 19.3 Å². The fraction of sp³-hybridized carbons (Fsp3) is 0.773. The number of hydrogen-bond acceptors (Lipinski definition) is 8. The van der Waals surface area contributed by atoms with E-state index in [2.05, 4.69) is 20.7 Å². The van der Waals surface area contributed by atoms with Crippen LogP contribution in [0.1, 0.15) is 52.9 Å². The Hall–Kier alpha value is -2.73. The summed E-state index contributed by atoms with van der Waals surface area (Å²) in [5.41, 5.74) is 0. The van der Waals surface area contributed by atoms with Crippen LogP contribution in [0.15, 0.2) is 0 Å². The average molecular weight is 487 g/mol. The maximum absolute atomic E-state index is 13.1. The number of carbonyl (C=O) groups is 5. The Morgan fingerprint density at radius 1 is 1.09 bits per heavy atom. The molecule has 0 aromatic carbocycles. The van der Waals surface area contributed by atoms with Crippen molar-refractivity contribution in [3.05, 3.63) is 0 Å². The summed E-state index contributed by atoms with van der Waals surface area (Å²) in [5.74, 6) is -3.42. The maximum atomic E-state index is 13.1. The molecule has 1 rings (SSSR count). The van der Waals surface area contributed by atoms with Crippen molar-refractivity contribution in [1.29, 1.82) is 0 Å². The van der Waals surface area contributed by atoms with Crippen molar-refractivity contribution >= 4 is 29.7 Å². The van der Waals surface area contributed by atoms with Crippen molar-refractivity contribution in [1.82, 2.24) is 20.9 Å². The number of aliphatic hydroxyl groups is 1. The molecule has 1 aliphatic rings. The zero-order valence-electron chi connectivity index (χ0n) is 20.5.